The summed E-state index contributed by atoms with van der Waals surface area (Å²) in [5.41, 5.74) is 2.72. The molecule has 0 N–H and O–H groups in total. The normalized spacial score (nSPS) is 12.4. The first-order valence-electron chi connectivity index (χ1n) is 9.10. The lowest BCUT2D eigenvalue weighted by atomic mass is 10.2. The summed E-state index contributed by atoms with van der Waals surface area (Å²) in [6.45, 7) is 4.34. The number of fused-ring (bicyclic) bond motifs is 3. The molecule has 2 heterocycles. The fourth-order valence-corrected chi connectivity index (χ4v) is 4.14. The summed E-state index contributed by atoms with van der Waals surface area (Å²) < 4.78 is 1.74. The highest BCUT2D eigenvalue weighted by Gasteiger charge is 2.22. The zero-order chi connectivity index (χ0) is 19.7. The number of carbonyl (C=O) groups is 1. The molecule has 0 saturated carbocycles. The van der Waals surface area contributed by atoms with Crippen molar-refractivity contribution in [1.82, 2.24) is 24.5 Å². The Labute approximate surface area is 167 Å². The summed E-state index contributed by atoms with van der Waals surface area (Å²) in [5.74, 6) is 0.731. The van der Waals surface area contributed by atoms with Gasteiger partial charge in [0.1, 0.15) is 5.82 Å². The number of nitrogens with zero attached hydrogens (tertiary/aromatic N) is 5. The highest BCUT2D eigenvalue weighted by molar-refractivity contribution is 8.00. The number of rotatable bonds is 5. The first-order valence-corrected chi connectivity index (χ1v) is 9.98. The minimum atomic E-state index is -0.296. The Hall–Kier alpha value is -2.93. The number of aromatic nitrogens is 4. The highest BCUT2D eigenvalue weighted by Crippen LogP contribution is 2.27. The lowest BCUT2D eigenvalue weighted by Crippen LogP contribution is -2.33. The maximum atomic E-state index is 12.9. The lowest BCUT2D eigenvalue weighted by molar-refractivity contribution is -0.129. The van der Waals surface area contributed by atoms with E-state index in [0.717, 1.165) is 22.1 Å². The third-order valence-electron chi connectivity index (χ3n) is 4.52. The van der Waals surface area contributed by atoms with Crippen LogP contribution in [0.4, 0.5) is 0 Å². The van der Waals surface area contributed by atoms with Gasteiger partial charge in [0.25, 0.3) is 0 Å². The quantitative estimate of drug-likeness (QED) is 0.383. The van der Waals surface area contributed by atoms with E-state index in [1.165, 1.54) is 11.8 Å². The van der Waals surface area contributed by atoms with Crippen LogP contribution in [-0.4, -0.2) is 42.7 Å². The summed E-state index contributed by atoms with van der Waals surface area (Å²) in [6, 6.07) is 17.8. The third kappa shape index (κ3) is 3.57. The fraction of sp³-hybridized carbons (Fsp3) is 0.238. The number of benzene rings is 2. The Kier molecular flexibility index (Phi) is 5.00. The van der Waals surface area contributed by atoms with Crippen molar-refractivity contribution < 1.29 is 4.79 Å². The second kappa shape index (κ2) is 7.59. The van der Waals surface area contributed by atoms with Gasteiger partial charge in [0.2, 0.25) is 5.91 Å². The highest BCUT2D eigenvalue weighted by atomic mass is 32.2. The van der Waals surface area contributed by atoms with E-state index in [0.29, 0.717) is 17.5 Å². The average Bonchev–Trinajstić information content (AvgIpc) is 3.10. The van der Waals surface area contributed by atoms with Gasteiger partial charge in [-0.15, -0.1) is 5.10 Å². The first-order chi connectivity index (χ1) is 13.5. The minimum Gasteiger partial charge on any atom is -0.340 e. The maximum absolute atomic E-state index is 12.9. The molecule has 142 valence electrons. The molecule has 0 spiro atoms. The Bertz CT molecular complexity index is 1140. The van der Waals surface area contributed by atoms with E-state index in [2.05, 4.69) is 10.1 Å². The predicted molar refractivity (Wildman–Crippen MR) is 111 cm³/mol. The van der Waals surface area contributed by atoms with Crippen molar-refractivity contribution in [3.8, 4) is 0 Å². The number of carbonyl (C=O) groups excluding carboxylic acids is 1. The van der Waals surface area contributed by atoms with E-state index < -0.39 is 0 Å². The molecule has 0 saturated heterocycles. The van der Waals surface area contributed by atoms with Crippen LogP contribution in [0.15, 0.2) is 59.8 Å². The topological polar surface area (TPSA) is 63.4 Å². The van der Waals surface area contributed by atoms with Crippen LogP contribution in [0.2, 0.25) is 0 Å². The summed E-state index contributed by atoms with van der Waals surface area (Å²) in [4.78, 5) is 23.9. The molecule has 28 heavy (non-hydrogen) atoms. The Balaban J connectivity index is 1.60. The van der Waals surface area contributed by atoms with Gasteiger partial charge in [-0.05, 0) is 31.5 Å². The van der Waals surface area contributed by atoms with Crippen molar-refractivity contribution in [3.05, 3.63) is 66.0 Å². The molecule has 1 amide bonds. The largest absolute Gasteiger partial charge is 0.340 e. The molecule has 0 aliphatic rings. The average molecular weight is 392 g/mol. The van der Waals surface area contributed by atoms with Crippen molar-refractivity contribution in [3.63, 3.8) is 0 Å². The second-order valence-electron chi connectivity index (χ2n) is 6.75. The zero-order valence-corrected chi connectivity index (χ0v) is 16.8. The molecular formula is C21H21N5OS. The van der Waals surface area contributed by atoms with E-state index in [1.807, 2.05) is 75.5 Å². The third-order valence-corrected chi connectivity index (χ3v) is 5.55. The van der Waals surface area contributed by atoms with Gasteiger partial charge in [0.15, 0.2) is 10.8 Å². The molecule has 2 aromatic heterocycles. The standard InChI is InChI=1S/C21H21N5OS/c1-14(20(27)25(3)13-16-9-5-4-6-10-16)28-21-23-18-12-8-7-11-17(18)19-22-15(2)24-26(19)21/h4-12,14H,13H2,1-3H3. The Morgan fingerprint density at radius 3 is 2.61 bits per heavy atom. The van der Waals surface area contributed by atoms with Crippen LogP contribution in [0.25, 0.3) is 16.6 Å². The van der Waals surface area contributed by atoms with Gasteiger partial charge in [-0.2, -0.15) is 4.52 Å². The molecular weight excluding hydrogens is 370 g/mol. The van der Waals surface area contributed by atoms with E-state index >= 15 is 0 Å². The van der Waals surface area contributed by atoms with Crippen molar-refractivity contribution in [1.29, 1.82) is 0 Å². The molecule has 4 aromatic rings. The smallest absolute Gasteiger partial charge is 0.235 e. The lowest BCUT2D eigenvalue weighted by Gasteiger charge is -2.21. The zero-order valence-electron chi connectivity index (χ0n) is 16.0. The molecule has 4 rings (SSSR count). The molecule has 7 heteroatoms. The molecule has 0 bridgehead atoms. The summed E-state index contributed by atoms with van der Waals surface area (Å²) >= 11 is 1.41. The maximum Gasteiger partial charge on any atom is 0.235 e. The number of para-hydroxylation sites is 1. The molecule has 2 aromatic carbocycles. The monoisotopic (exact) mass is 391 g/mol. The summed E-state index contributed by atoms with van der Waals surface area (Å²) in [7, 11) is 1.83. The molecule has 0 radical (unpaired) electrons. The van der Waals surface area contributed by atoms with Gasteiger partial charge >= 0.3 is 0 Å². The number of thioether (sulfide) groups is 1. The van der Waals surface area contributed by atoms with Crippen molar-refractivity contribution in [2.75, 3.05) is 7.05 Å². The SMILES string of the molecule is Cc1nc2c3ccccc3nc(SC(C)C(=O)N(C)Cc3ccccc3)n2n1. The van der Waals surface area contributed by atoms with Crippen molar-refractivity contribution in [2.24, 2.45) is 0 Å². The van der Waals surface area contributed by atoms with Gasteiger partial charge in [-0.1, -0.05) is 54.2 Å². The predicted octanol–water partition coefficient (Wildman–Crippen LogP) is 3.73. The second-order valence-corrected chi connectivity index (χ2v) is 8.05. The number of aryl methyl sites for hydroxylation is 1. The van der Waals surface area contributed by atoms with Crippen LogP contribution in [0.3, 0.4) is 0 Å². The molecule has 0 aliphatic heterocycles. The number of hydrogen-bond donors (Lipinski definition) is 0. The summed E-state index contributed by atoms with van der Waals surface area (Å²) in [6.07, 6.45) is 0. The van der Waals surface area contributed by atoms with Crippen LogP contribution >= 0.6 is 11.8 Å². The number of hydrogen-bond acceptors (Lipinski definition) is 5. The molecule has 0 aliphatic carbocycles. The molecule has 1 unspecified atom stereocenters. The van der Waals surface area contributed by atoms with E-state index in [9.17, 15) is 4.79 Å². The van der Waals surface area contributed by atoms with E-state index in [-0.39, 0.29) is 11.2 Å². The van der Waals surface area contributed by atoms with Crippen LogP contribution < -0.4 is 0 Å². The van der Waals surface area contributed by atoms with Gasteiger partial charge < -0.3 is 4.90 Å². The van der Waals surface area contributed by atoms with E-state index in [1.54, 1.807) is 9.42 Å². The number of amides is 1. The van der Waals surface area contributed by atoms with Gasteiger partial charge in [-0.25, -0.2) is 9.97 Å². The molecule has 6 nitrogen and oxygen atoms in total. The first kappa shape index (κ1) is 18.4. The van der Waals surface area contributed by atoms with Gasteiger partial charge in [0.05, 0.1) is 10.8 Å². The van der Waals surface area contributed by atoms with Gasteiger partial charge in [0, 0.05) is 19.0 Å². The minimum absolute atomic E-state index is 0.0498. The fourth-order valence-electron chi connectivity index (χ4n) is 3.16. The molecule has 1 atom stereocenters. The summed E-state index contributed by atoms with van der Waals surface area (Å²) in [5, 5.41) is 5.81. The van der Waals surface area contributed by atoms with E-state index in [4.69, 9.17) is 4.98 Å². The molecule has 0 fully saturated rings. The van der Waals surface area contributed by atoms with Crippen molar-refractivity contribution >= 4 is 34.2 Å². The van der Waals surface area contributed by atoms with Crippen LogP contribution in [-0.2, 0) is 11.3 Å². The van der Waals surface area contributed by atoms with Crippen LogP contribution in [0.1, 0.15) is 18.3 Å². The Morgan fingerprint density at radius 2 is 1.82 bits per heavy atom. The van der Waals surface area contributed by atoms with Crippen molar-refractivity contribution in [2.45, 2.75) is 30.8 Å². The van der Waals surface area contributed by atoms with Crippen LogP contribution in [0.5, 0.6) is 0 Å². The Morgan fingerprint density at radius 1 is 1.11 bits per heavy atom. The van der Waals surface area contributed by atoms with Crippen LogP contribution in [0, 0.1) is 6.92 Å². The van der Waals surface area contributed by atoms with Gasteiger partial charge in [-0.3, -0.25) is 4.79 Å².